The number of ether oxygens (including phenoxy) is 1. The van der Waals surface area contributed by atoms with Crippen molar-refractivity contribution >= 4 is 11.9 Å². The molecular formula is C20H27N3O4. The monoisotopic (exact) mass is 373 g/mol. The lowest BCUT2D eigenvalue weighted by Crippen LogP contribution is -2.78. The first-order valence-electron chi connectivity index (χ1n) is 9.50. The number of amides is 1. The molecule has 0 aromatic heterocycles. The van der Waals surface area contributed by atoms with E-state index in [1.165, 1.54) is 7.11 Å². The van der Waals surface area contributed by atoms with Crippen molar-refractivity contribution in [2.45, 2.75) is 37.6 Å². The van der Waals surface area contributed by atoms with Crippen LogP contribution >= 0.6 is 0 Å². The van der Waals surface area contributed by atoms with Gasteiger partial charge in [0.25, 0.3) is 0 Å². The van der Waals surface area contributed by atoms with Crippen LogP contribution in [0.2, 0.25) is 0 Å². The van der Waals surface area contributed by atoms with E-state index in [-0.39, 0.29) is 23.5 Å². The zero-order chi connectivity index (χ0) is 19.2. The fraction of sp³-hybridized carbons (Fsp3) is 0.600. The van der Waals surface area contributed by atoms with Crippen LogP contribution in [0, 0.1) is 0 Å². The van der Waals surface area contributed by atoms with Gasteiger partial charge in [-0.15, -0.1) is 0 Å². The van der Waals surface area contributed by atoms with Gasteiger partial charge in [0.1, 0.15) is 0 Å². The summed E-state index contributed by atoms with van der Waals surface area (Å²) in [6.07, 6.45) is 0.487. The molecule has 1 spiro atoms. The first kappa shape index (κ1) is 18.4. The number of esters is 1. The second-order valence-corrected chi connectivity index (χ2v) is 8.16. The average Bonchev–Trinajstić information content (AvgIpc) is 2.98. The quantitative estimate of drug-likeness (QED) is 0.770. The van der Waals surface area contributed by atoms with Crippen molar-refractivity contribution in [2.24, 2.45) is 0 Å². The summed E-state index contributed by atoms with van der Waals surface area (Å²) >= 11 is 0. The van der Waals surface area contributed by atoms with Crippen molar-refractivity contribution in [3.8, 4) is 0 Å². The van der Waals surface area contributed by atoms with Gasteiger partial charge >= 0.3 is 5.97 Å². The van der Waals surface area contributed by atoms with E-state index in [4.69, 9.17) is 4.74 Å². The number of carbonyl (C=O) groups excluding carboxylic acids is 2. The fourth-order valence-electron chi connectivity index (χ4n) is 4.98. The number of likely N-dealkylation sites (tertiary alicyclic amines) is 1. The van der Waals surface area contributed by atoms with Gasteiger partial charge in [-0.1, -0.05) is 12.1 Å². The second-order valence-electron chi connectivity index (χ2n) is 8.16. The summed E-state index contributed by atoms with van der Waals surface area (Å²) in [5.41, 5.74) is 1.57. The number of piperazine rings is 1. The van der Waals surface area contributed by atoms with Crippen molar-refractivity contribution in [1.82, 2.24) is 14.7 Å². The summed E-state index contributed by atoms with van der Waals surface area (Å²) in [7, 11) is 1.39. The molecule has 7 heteroatoms. The zero-order valence-corrected chi connectivity index (χ0v) is 15.9. The number of rotatable bonds is 3. The molecule has 0 saturated carbocycles. The maximum absolute atomic E-state index is 11.8. The molecule has 27 heavy (non-hydrogen) atoms. The van der Waals surface area contributed by atoms with Gasteiger partial charge in [0.2, 0.25) is 5.91 Å². The number of aliphatic hydroxyl groups is 1. The molecule has 0 aliphatic carbocycles. The third kappa shape index (κ3) is 3.35. The molecule has 2 atom stereocenters. The summed E-state index contributed by atoms with van der Waals surface area (Å²) in [5, 5.41) is 10.2. The number of hydrogen-bond acceptors (Lipinski definition) is 6. The molecule has 3 heterocycles. The molecule has 146 valence electrons. The van der Waals surface area contributed by atoms with Crippen LogP contribution in [0.3, 0.4) is 0 Å². The predicted octanol–water partition coefficient (Wildman–Crippen LogP) is 0.325. The highest BCUT2D eigenvalue weighted by molar-refractivity contribution is 5.89. The molecule has 1 aromatic carbocycles. The topological polar surface area (TPSA) is 73.3 Å². The van der Waals surface area contributed by atoms with E-state index in [1.807, 2.05) is 23.1 Å². The van der Waals surface area contributed by atoms with Crippen LogP contribution in [-0.4, -0.2) is 89.2 Å². The first-order chi connectivity index (χ1) is 12.9. The van der Waals surface area contributed by atoms with E-state index in [9.17, 15) is 14.7 Å². The van der Waals surface area contributed by atoms with Crippen LogP contribution < -0.4 is 0 Å². The highest BCUT2D eigenvalue weighted by atomic mass is 16.5. The summed E-state index contributed by atoms with van der Waals surface area (Å²) in [6.45, 7) is 6.26. The smallest absolute Gasteiger partial charge is 0.337 e. The van der Waals surface area contributed by atoms with Crippen molar-refractivity contribution in [1.29, 1.82) is 0 Å². The number of methoxy groups -OCH3 is 1. The first-order valence-corrected chi connectivity index (χ1v) is 9.50. The number of β-amino-alcohol motifs (C(OH)–C–C–N with tert-alkyl or cyclic N) is 1. The number of aliphatic hydroxyl groups excluding tert-OH is 1. The summed E-state index contributed by atoms with van der Waals surface area (Å²) in [6, 6.07) is 7.87. The lowest BCUT2D eigenvalue weighted by Gasteiger charge is -2.60. The lowest BCUT2D eigenvalue weighted by atomic mass is 9.83. The van der Waals surface area contributed by atoms with E-state index in [1.54, 1.807) is 13.0 Å². The Balaban J connectivity index is 1.51. The lowest BCUT2D eigenvalue weighted by molar-refractivity contribution is -0.154. The third-order valence-electron chi connectivity index (χ3n) is 6.16. The fourth-order valence-corrected chi connectivity index (χ4v) is 4.98. The summed E-state index contributed by atoms with van der Waals surface area (Å²) < 4.78 is 4.82. The van der Waals surface area contributed by atoms with Gasteiger partial charge in [0.05, 0.1) is 24.3 Å². The zero-order valence-electron chi connectivity index (χ0n) is 15.9. The highest BCUT2D eigenvalue weighted by Crippen LogP contribution is 2.39. The Kier molecular flexibility index (Phi) is 4.70. The van der Waals surface area contributed by atoms with Crippen LogP contribution in [-0.2, 0) is 16.1 Å². The number of carbonyl (C=O) groups is 2. The van der Waals surface area contributed by atoms with E-state index >= 15 is 0 Å². The van der Waals surface area contributed by atoms with Gasteiger partial charge in [0.15, 0.2) is 0 Å². The van der Waals surface area contributed by atoms with Crippen LogP contribution in [0.15, 0.2) is 24.3 Å². The van der Waals surface area contributed by atoms with Gasteiger partial charge in [-0.25, -0.2) is 4.79 Å². The molecule has 1 amide bonds. The molecule has 3 aliphatic rings. The predicted molar refractivity (Wildman–Crippen MR) is 99.2 cm³/mol. The van der Waals surface area contributed by atoms with Crippen molar-refractivity contribution in [2.75, 3.05) is 39.8 Å². The molecule has 1 N–H and O–H groups in total. The molecule has 0 unspecified atom stereocenters. The Morgan fingerprint density at radius 2 is 2.04 bits per heavy atom. The van der Waals surface area contributed by atoms with Crippen molar-refractivity contribution in [3.63, 3.8) is 0 Å². The Bertz CT molecular complexity index is 746. The van der Waals surface area contributed by atoms with Crippen LogP contribution in [0.5, 0.6) is 0 Å². The van der Waals surface area contributed by atoms with Crippen molar-refractivity contribution < 1.29 is 19.4 Å². The number of fused-ring (bicyclic) bond motifs is 2. The molecular weight excluding hydrogens is 346 g/mol. The normalized spacial score (nSPS) is 27.3. The standard InChI is InChI=1S/C20H27N3O4/c1-14(24)22-12-20(13-22)11-21(9-17-7-18(25)10-23(17)20)8-15-4-3-5-16(6-15)19(26)27-2/h3-6,17-18,25H,7-13H2,1-2H3/t17-,18-/m1/s1. The van der Waals surface area contributed by atoms with Crippen LogP contribution in [0.4, 0.5) is 0 Å². The minimum absolute atomic E-state index is 0.0635. The van der Waals surface area contributed by atoms with E-state index < -0.39 is 0 Å². The molecule has 0 radical (unpaired) electrons. The maximum Gasteiger partial charge on any atom is 0.337 e. The summed E-state index contributed by atoms with van der Waals surface area (Å²) in [5.74, 6) is -0.215. The molecule has 3 aliphatic heterocycles. The van der Waals surface area contributed by atoms with Crippen molar-refractivity contribution in [3.05, 3.63) is 35.4 Å². The largest absolute Gasteiger partial charge is 0.465 e. The molecule has 1 aromatic rings. The average molecular weight is 373 g/mol. The molecule has 0 bridgehead atoms. The van der Waals surface area contributed by atoms with Crippen LogP contribution in [0.25, 0.3) is 0 Å². The molecule has 7 nitrogen and oxygen atoms in total. The van der Waals surface area contributed by atoms with E-state index in [2.05, 4.69) is 9.80 Å². The second kappa shape index (κ2) is 6.89. The Morgan fingerprint density at radius 3 is 2.74 bits per heavy atom. The maximum atomic E-state index is 11.8. The third-order valence-corrected chi connectivity index (χ3v) is 6.16. The highest BCUT2D eigenvalue weighted by Gasteiger charge is 2.56. The number of hydrogen-bond donors (Lipinski definition) is 1. The minimum Gasteiger partial charge on any atom is -0.465 e. The van der Waals surface area contributed by atoms with E-state index in [0.717, 1.165) is 44.7 Å². The van der Waals surface area contributed by atoms with Gasteiger partial charge in [-0.05, 0) is 24.1 Å². The van der Waals surface area contributed by atoms with Crippen LogP contribution in [0.1, 0.15) is 29.3 Å². The number of benzene rings is 1. The van der Waals surface area contributed by atoms with Gasteiger partial charge < -0.3 is 14.7 Å². The van der Waals surface area contributed by atoms with Gasteiger partial charge in [-0.3, -0.25) is 14.6 Å². The van der Waals surface area contributed by atoms with Gasteiger partial charge in [0, 0.05) is 52.2 Å². The Hall–Kier alpha value is -1.96. The summed E-state index contributed by atoms with van der Waals surface area (Å²) in [4.78, 5) is 30.2. The molecule has 4 rings (SSSR count). The van der Waals surface area contributed by atoms with E-state index in [0.29, 0.717) is 18.2 Å². The Labute approximate surface area is 159 Å². The SMILES string of the molecule is COC(=O)c1cccc(CN2C[C@H]3C[C@@H](O)CN3C3(C2)CN(C(C)=O)C3)c1. The number of nitrogens with zero attached hydrogens (tertiary/aromatic N) is 3. The Morgan fingerprint density at radius 1 is 1.26 bits per heavy atom. The van der Waals surface area contributed by atoms with Gasteiger partial charge in [-0.2, -0.15) is 0 Å². The molecule has 3 fully saturated rings. The minimum atomic E-state index is -0.326. The molecule has 3 saturated heterocycles.